The van der Waals surface area contributed by atoms with Crippen molar-refractivity contribution >= 4 is 21.4 Å². The summed E-state index contributed by atoms with van der Waals surface area (Å²) >= 11 is 0.791. The Kier molecular flexibility index (Phi) is 4.62. The summed E-state index contributed by atoms with van der Waals surface area (Å²) in [4.78, 5) is 4.25. The maximum Gasteiger partial charge on any atom is 0.452 e. The Balaban J connectivity index is 1.77. The van der Waals surface area contributed by atoms with Gasteiger partial charge in [0.15, 0.2) is 0 Å². The average molecular weight is 389 g/mol. The van der Waals surface area contributed by atoms with Crippen molar-refractivity contribution in [2.45, 2.75) is 16.9 Å². The van der Waals surface area contributed by atoms with Gasteiger partial charge in [-0.2, -0.15) is 13.2 Å². The fourth-order valence-corrected chi connectivity index (χ4v) is 4.17. The molecule has 3 heterocycles. The Labute approximate surface area is 144 Å². The number of alkyl halides is 3. The lowest BCUT2D eigenvalue weighted by atomic mass is 10.3. The van der Waals surface area contributed by atoms with Crippen molar-refractivity contribution in [3.05, 3.63) is 54.0 Å². The molecule has 0 aliphatic carbocycles. The van der Waals surface area contributed by atoms with Crippen LogP contribution < -0.4 is 4.72 Å². The van der Waals surface area contributed by atoms with Crippen molar-refractivity contribution in [1.29, 1.82) is 0 Å². The van der Waals surface area contributed by atoms with Gasteiger partial charge in [0.2, 0.25) is 15.8 Å². The quantitative estimate of drug-likeness (QED) is 0.724. The molecule has 0 bridgehead atoms. The molecule has 0 atom stereocenters. The van der Waals surface area contributed by atoms with E-state index in [9.17, 15) is 21.6 Å². The Morgan fingerprint density at radius 2 is 2.00 bits per heavy atom. The normalized spacial score (nSPS) is 12.4. The highest BCUT2D eigenvalue weighted by Crippen LogP contribution is 2.35. The predicted octanol–water partition coefficient (Wildman–Crippen LogP) is 3.30. The molecule has 3 rings (SSSR count). The first-order chi connectivity index (χ1) is 11.8. The van der Waals surface area contributed by atoms with Crippen molar-refractivity contribution in [2.75, 3.05) is 0 Å². The largest absolute Gasteiger partial charge is 0.452 e. The minimum Gasteiger partial charge on any atom is -0.351 e. The van der Waals surface area contributed by atoms with Crippen LogP contribution in [0, 0.1) is 0 Å². The van der Waals surface area contributed by atoms with Gasteiger partial charge in [0, 0.05) is 12.3 Å². The molecule has 0 fully saturated rings. The molecule has 1 N–H and O–H groups in total. The summed E-state index contributed by atoms with van der Waals surface area (Å²) in [5, 5.41) is 3.33. The van der Waals surface area contributed by atoms with Crippen molar-refractivity contribution in [2.24, 2.45) is 0 Å². The Hall–Kier alpha value is -2.24. The monoisotopic (exact) mass is 389 g/mol. The zero-order valence-electron chi connectivity index (χ0n) is 12.3. The number of aromatic nitrogens is 2. The number of nitrogens with one attached hydrogen (secondary N) is 1. The van der Waals surface area contributed by atoms with Crippen LogP contribution in [0.4, 0.5) is 13.2 Å². The highest BCUT2D eigenvalue weighted by Gasteiger charge is 2.36. The number of thiophene rings is 1. The minimum absolute atomic E-state index is 0.00140. The molecule has 0 amide bonds. The first-order valence-corrected chi connectivity index (χ1v) is 9.09. The molecule has 0 saturated carbocycles. The van der Waals surface area contributed by atoms with Crippen LogP contribution in [0.2, 0.25) is 0 Å². The summed E-state index contributed by atoms with van der Waals surface area (Å²) in [5.74, 6) is -1.24. The third kappa shape index (κ3) is 4.06. The van der Waals surface area contributed by atoms with Crippen LogP contribution in [0.1, 0.15) is 11.5 Å². The van der Waals surface area contributed by atoms with Gasteiger partial charge in [-0.05, 0) is 24.3 Å². The van der Waals surface area contributed by atoms with Crippen LogP contribution in [0.15, 0.2) is 51.3 Å². The summed E-state index contributed by atoms with van der Waals surface area (Å²) in [7, 11) is -3.82. The highest BCUT2D eigenvalue weighted by atomic mass is 32.2. The summed E-state index contributed by atoms with van der Waals surface area (Å²) in [6.45, 7) is -0.00140. The van der Waals surface area contributed by atoms with Gasteiger partial charge in [0.05, 0.1) is 17.1 Å². The van der Waals surface area contributed by atoms with E-state index < -0.39 is 22.0 Å². The van der Waals surface area contributed by atoms with Gasteiger partial charge in [-0.3, -0.25) is 4.98 Å². The molecule has 0 aliphatic rings. The van der Waals surface area contributed by atoms with Gasteiger partial charge in [-0.1, -0.05) is 11.2 Å². The molecule has 132 valence electrons. The van der Waals surface area contributed by atoms with Crippen molar-refractivity contribution in [3.63, 3.8) is 0 Å². The van der Waals surface area contributed by atoms with Gasteiger partial charge in [0.25, 0.3) is 0 Å². The number of pyridine rings is 1. The number of hydrogen-bond acceptors (Lipinski definition) is 6. The third-order valence-electron chi connectivity index (χ3n) is 3.06. The molecular formula is C14H10F3N3O3S2. The second-order valence-electron chi connectivity index (χ2n) is 4.84. The number of hydrogen-bond donors (Lipinski definition) is 1. The van der Waals surface area contributed by atoms with E-state index in [1.807, 2.05) is 0 Å². The van der Waals surface area contributed by atoms with Crippen molar-refractivity contribution in [3.8, 4) is 10.6 Å². The lowest BCUT2D eigenvalue weighted by Crippen LogP contribution is -2.22. The van der Waals surface area contributed by atoms with Gasteiger partial charge >= 0.3 is 6.18 Å². The van der Waals surface area contributed by atoms with Gasteiger partial charge in [0.1, 0.15) is 9.90 Å². The Morgan fingerprint density at radius 1 is 1.20 bits per heavy atom. The van der Waals surface area contributed by atoms with Crippen LogP contribution in [0.3, 0.4) is 0 Å². The topological polar surface area (TPSA) is 85.1 Å². The number of halogens is 3. The minimum atomic E-state index is -4.65. The summed E-state index contributed by atoms with van der Waals surface area (Å²) in [6, 6.07) is 8.49. The van der Waals surface area contributed by atoms with E-state index >= 15 is 0 Å². The second-order valence-corrected chi connectivity index (χ2v) is 7.92. The third-order valence-corrected chi connectivity index (χ3v) is 6.06. The fourth-order valence-electron chi connectivity index (χ4n) is 1.87. The van der Waals surface area contributed by atoms with Crippen LogP contribution in [0.25, 0.3) is 10.6 Å². The SMILES string of the molecule is O=S(=O)(NCc1ccccn1)c1ccc(-c2cc(C(F)(F)F)on2)s1. The standard InChI is InChI=1S/C14H10F3N3O3S2/c15-14(16,17)12-7-10(20-23-12)11-4-5-13(24-11)25(21,22)19-8-9-3-1-2-6-18-9/h1-7,19H,8H2. The zero-order valence-corrected chi connectivity index (χ0v) is 14.0. The molecule has 0 spiro atoms. The maximum absolute atomic E-state index is 12.5. The van der Waals surface area contributed by atoms with Gasteiger partial charge in [-0.15, -0.1) is 11.3 Å². The lowest BCUT2D eigenvalue weighted by Gasteiger charge is -2.03. The molecule has 11 heteroatoms. The van der Waals surface area contributed by atoms with E-state index in [0.29, 0.717) is 5.69 Å². The highest BCUT2D eigenvalue weighted by molar-refractivity contribution is 7.91. The van der Waals surface area contributed by atoms with E-state index in [1.54, 1.807) is 18.2 Å². The molecule has 0 aliphatic heterocycles. The van der Waals surface area contributed by atoms with Crippen molar-refractivity contribution < 1.29 is 26.1 Å². The van der Waals surface area contributed by atoms with E-state index in [2.05, 4.69) is 19.4 Å². The van der Waals surface area contributed by atoms with Crippen molar-refractivity contribution in [1.82, 2.24) is 14.9 Å². The zero-order chi connectivity index (χ0) is 18.1. The molecule has 3 aromatic rings. The Bertz CT molecular complexity index is 966. The molecule has 0 radical (unpaired) electrons. The van der Waals surface area contributed by atoms with Gasteiger partial charge < -0.3 is 4.52 Å². The van der Waals surface area contributed by atoms with E-state index in [4.69, 9.17) is 0 Å². The lowest BCUT2D eigenvalue weighted by molar-refractivity contribution is -0.155. The molecule has 0 unspecified atom stereocenters. The Morgan fingerprint density at radius 3 is 2.64 bits per heavy atom. The molecule has 25 heavy (non-hydrogen) atoms. The second kappa shape index (κ2) is 6.58. The molecule has 0 aromatic carbocycles. The fraction of sp³-hybridized carbons (Fsp3) is 0.143. The van der Waals surface area contributed by atoms with Crippen LogP contribution in [-0.2, 0) is 22.7 Å². The van der Waals surface area contributed by atoms with E-state index in [1.165, 1.54) is 18.3 Å². The number of nitrogens with zero attached hydrogens (tertiary/aromatic N) is 2. The maximum atomic E-state index is 12.5. The number of sulfonamides is 1. The van der Waals surface area contributed by atoms with Crippen LogP contribution in [-0.4, -0.2) is 18.6 Å². The van der Waals surface area contributed by atoms with E-state index in [-0.39, 0.29) is 21.3 Å². The van der Waals surface area contributed by atoms with Crippen LogP contribution >= 0.6 is 11.3 Å². The summed E-state index contributed by atoms with van der Waals surface area (Å²) in [5.41, 5.74) is 0.456. The van der Waals surface area contributed by atoms with Crippen LogP contribution in [0.5, 0.6) is 0 Å². The first kappa shape index (κ1) is 17.6. The summed E-state index contributed by atoms with van der Waals surface area (Å²) in [6.07, 6.45) is -3.11. The molecule has 0 saturated heterocycles. The first-order valence-electron chi connectivity index (χ1n) is 6.79. The predicted molar refractivity (Wildman–Crippen MR) is 83.1 cm³/mol. The smallest absolute Gasteiger partial charge is 0.351 e. The average Bonchev–Trinajstić information content (AvgIpc) is 3.22. The molecule has 6 nitrogen and oxygen atoms in total. The number of rotatable bonds is 5. The van der Waals surface area contributed by atoms with Gasteiger partial charge in [-0.25, -0.2) is 13.1 Å². The molecular weight excluding hydrogens is 379 g/mol. The summed E-state index contributed by atoms with van der Waals surface area (Å²) < 4.78 is 68.7. The van der Waals surface area contributed by atoms with E-state index in [0.717, 1.165) is 17.4 Å². The molecule has 3 aromatic heterocycles.